The van der Waals surface area contributed by atoms with E-state index in [2.05, 4.69) is 34.3 Å². The maximum Gasteiger partial charge on any atom is 0.251 e. The molecule has 0 aliphatic heterocycles. The third-order valence-corrected chi connectivity index (χ3v) is 6.62. The summed E-state index contributed by atoms with van der Waals surface area (Å²) in [6.07, 6.45) is 6.36. The Hall–Kier alpha value is -2.81. The highest BCUT2D eigenvalue weighted by Crippen LogP contribution is 2.24. The maximum atomic E-state index is 12.4. The van der Waals surface area contributed by atoms with Crippen LogP contribution >= 0.6 is 11.8 Å². The van der Waals surface area contributed by atoms with Gasteiger partial charge < -0.3 is 19.9 Å². The number of hydrogen-bond donors (Lipinski definition) is 2. The smallest absolute Gasteiger partial charge is 0.251 e. The lowest BCUT2D eigenvalue weighted by Crippen LogP contribution is -2.41. The summed E-state index contributed by atoms with van der Waals surface area (Å²) in [4.78, 5) is 24.9. The average molecular weight is 458 g/mol. The monoisotopic (exact) mass is 457 g/mol. The molecular weight excluding hydrogens is 426 g/mol. The van der Waals surface area contributed by atoms with E-state index in [1.165, 1.54) is 24.6 Å². The molecule has 0 bridgehead atoms. The topological polar surface area (TPSA) is 98.1 Å². The molecule has 172 valence electrons. The number of carbonyl (C=O) groups excluding carboxylic acids is 2. The summed E-state index contributed by atoms with van der Waals surface area (Å²) in [5.74, 6) is 1.89. The zero-order valence-corrected chi connectivity index (χ0v) is 19.5. The van der Waals surface area contributed by atoms with Gasteiger partial charge in [0.2, 0.25) is 5.91 Å². The first-order valence-electron chi connectivity index (χ1n) is 10.9. The van der Waals surface area contributed by atoms with Crippen LogP contribution in [-0.4, -0.2) is 45.5 Å². The molecule has 9 heteroatoms. The Balaban J connectivity index is 1.56. The first kappa shape index (κ1) is 23.8. The number of nitrogens with one attached hydrogen (secondary N) is 2. The molecule has 1 saturated carbocycles. The van der Waals surface area contributed by atoms with Gasteiger partial charge in [0, 0.05) is 18.2 Å². The Labute approximate surface area is 193 Å². The predicted molar refractivity (Wildman–Crippen MR) is 125 cm³/mol. The van der Waals surface area contributed by atoms with Gasteiger partial charge in [0.05, 0.1) is 19.4 Å². The van der Waals surface area contributed by atoms with Gasteiger partial charge in [0.1, 0.15) is 5.75 Å². The number of allylic oxidation sites excluding steroid dienone is 1. The number of aromatic nitrogens is 3. The summed E-state index contributed by atoms with van der Waals surface area (Å²) in [5, 5.41) is 15.1. The number of amides is 2. The molecule has 8 nitrogen and oxygen atoms in total. The van der Waals surface area contributed by atoms with Gasteiger partial charge in [-0.15, -0.1) is 16.8 Å². The molecule has 0 radical (unpaired) electrons. The van der Waals surface area contributed by atoms with Crippen molar-refractivity contribution < 1.29 is 14.3 Å². The zero-order chi connectivity index (χ0) is 22.9. The van der Waals surface area contributed by atoms with Gasteiger partial charge in [-0.3, -0.25) is 9.59 Å². The number of benzene rings is 1. The Morgan fingerprint density at radius 2 is 2.00 bits per heavy atom. The molecule has 2 atom stereocenters. The summed E-state index contributed by atoms with van der Waals surface area (Å²) < 4.78 is 6.98. The van der Waals surface area contributed by atoms with Crippen LogP contribution in [0, 0.1) is 5.92 Å². The van der Waals surface area contributed by atoms with Crippen molar-refractivity contribution in [1.29, 1.82) is 0 Å². The second-order valence-corrected chi connectivity index (χ2v) is 8.88. The average Bonchev–Trinajstić information content (AvgIpc) is 3.19. The summed E-state index contributed by atoms with van der Waals surface area (Å²) in [6.45, 7) is 6.70. The molecule has 1 heterocycles. The van der Waals surface area contributed by atoms with Gasteiger partial charge >= 0.3 is 0 Å². The third kappa shape index (κ3) is 6.35. The SMILES string of the molecule is C=CCn1c(CNC(=O)c2ccc(OC)cc2)nnc1SCC(=O)N[C@H]1CCCC[C@@H]1C. The van der Waals surface area contributed by atoms with Gasteiger partial charge in [-0.2, -0.15) is 0 Å². The summed E-state index contributed by atoms with van der Waals surface area (Å²) in [7, 11) is 1.58. The number of ether oxygens (including phenoxy) is 1. The van der Waals surface area contributed by atoms with Gasteiger partial charge in [0.25, 0.3) is 5.91 Å². The number of carbonyl (C=O) groups is 2. The minimum Gasteiger partial charge on any atom is -0.497 e. The predicted octanol–water partition coefficient (Wildman–Crippen LogP) is 3.19. The van der Waals surface area contributed by atoms with E-state index in [0.29, 0.717) is 34.8 Å². The second kappa shape index (κ2) is 11.7. The van der Waals surface area contributed by atoms with Crippen LogP contribution < -0.4 is 15.4 Å². The van der Waals surface area contributed by atoms with Crippen molar-refractivity contribution in [2.24, 2.45) is 5.92 Å². The fourth-order valence-electron chi connectivity index (χ4n) is 3.78. The highest BCUT2D eigenvalue weighted by Gasteiger charge is 2.23. The molecule has 0 unspecified atom stereocenters. The molecule has 1 aliphatic carbocycles. The molecule has 3 rings (SSSR count). The van der Waals surface area contributed by atoms with Crippen LogP contribution in [-0.2, 0) is 17.9 Å². The molecule has 1 aromatic heterocycles. The Morgan fingerprint density at radius 1 is 1.25 bits per heavy atom. The molecular formula is C23H31N5O3S. The summed E-state index contributed by atoms with van der Waals surface area (Å²) in [6, 6.07) is 7.14. The minimum atomic E-state index is -0.212. The van der Waals surface area contributed by atoms with Gasteiger partial charge in [0.15, 0.2) is 11.0 Å². The molecule has 32 heavy (non-hydrogen) atoms. The number of nitrogens with zero attached hydrogens (tertiary/aromatic N) is 3. The molecule has 2 amide bonds. The molecule has 2 N–H and O–H groups in total. The highest BCUT2D eigenvalue weighted by atomic mass is 32.2. The van der Waals surface area contributed by atoms with E-state index in [1.807, 2.05) is 4.57 Å². The van der Waals surface area contributed by atoms with Crippen molar-refractivity contribution in [3.63, 3.8) is 0 Å². The lowest BCUT2D eigenvalue weighted by molar-refractivity contribution is -0.119. The first-order chi connectivity index (χ1) is 15.5. The van der Waals surface area contributed by atoms with Gasteiger partial charge in [-0.25, -0.2) is 0 Å². The number of rotatable bonds is 10. The normalized spacial score (nSPS) is 18.1. The van der Waals surface area contributed by atoms with Gasteiger partial charge in [-0.05, 0) is 43.0 Å². The van der Waals surface area contributed by atoms with Crippen LogP contribution in [0.5, 0.6) is 5.75 Å². The van der Waals surface area contributed by atoms with E-state index < -0.39 is 0 Å². The second-order valence-electron chi connectivity index (χ2n) is 7.93. The Morgan fingerprint density at radius 3 is 2.69 bits per heavy atom. The molecule has 1 aromatic carbocycles. The fraction of sp³-hybridized carbons (Fsp3) is 0.478. The highest BCUT2D eigenvalue weighted by molar-refractivity contribution is 7.99. The van der Waals surface area contributed by atoms with Crippen molar-refractivity contribution in [2.75, 3.05) is 12.9 Å². The van der Waals surface area contributed by atoms with Crippen molar-refractivity contribution in [2.45, 2.75) is 56.9 Å². The number of methoxy groups -OCH3 is 1. The van der Waals surface area contributed by atoms with E-state index in [-0.39, 0.29) is 30.2 Å². The van der Waals surface area contributed by atoms with Crippen molar-refractivity contribution in [3.8, 4) is 5.75 Å². The molecule has 1 fully saturated rings. The van der Waals surface area contributed by atoms with E-state index >= 15 is 0 Å². The van der Waals surface area contributed by atoms with Crippen LogP contribution in [0.15, 0.2) is 42.1 Å². The van der Waals surface area contributed by atoms with Crippen LogP contribution in [0.3, 0.4) is 0 Å². The van der Waals surface area contributed by atoms with Gasteiger partial charge in [-0.1, -0.05) is 37.6 Å². The molecule has 0 spiro atoms. The summed E-state index contributed by atoms with van der Waals surface area (Å²) >= 11 is 1.34. The van der Waals surface area contributed by atoms with Crippen LogP contribution in [0.1, 0.15) is 48.8 Å². The lowest BCUT2D eigenvalue weighted by Gasteiger charge is -2.29. The quantitative estimate of drug-likeness (QED) is 0.420. The number of thioether (sulfide) groups is 1. The zero-order valence-electron chi connectivity index (χ0n) is 18.7. The molecule has 0 saturated heterocycles. The van der Waals surface area contributed by atoms with E-state index in [9.17, 15) is 9.59 Å². The maximum absolute atomic E-state index is 12.4. The standard InChI is InChI=1S/C23H31N5O3S/c1-4-13-28-20(14-24-22(30)17-9-11-18(31-3)12-10-17)26-27-23(28)32-15-21(29)25-19-8-6-5-7-16(19)2/h4,9-12,16,19H,1,5-8,13-15H2,2-3H3,(H,24,30)(H,25,29)/t16-,19-/m0/s1. The molecule has 1 aliphatic rings. The number of hydrogen-bond acceptors (Lipinski definition) is 6. The molecule has 2 aromatic rings. The minimum absolute atomic E-state index is 0.0104. The summed E-state index contributed by atoms with van der Waals surface area (Å²) in [5.41, 5.74) is 0.531. The largest absolute Gasteiger partial charge is 0.497 e. The van der Waals surface area contributed by atoms with Crippen molar-refractivity contribution >= 4 is 23.6 Å². The van der Waals surface area contributed by atoms with E-state index in [1.54, 1.807) is 37.5 Å². The van der Waals surface area contributed by atoms with E-state index in [4.69, 9.17) is 4.74 Å². The lowest BCUT2D eigenvalue weighted by atomic mass is 9.86. The van der Waals surface area contributed by atoms with Crippen molar-refractivity contribution in [3.05, 3.63) is 48.3 Å². The van der Waals surface area contributed by atoms with Crippen LogP contribution in [0.4, 0.5) is 0 Å². The van der Waals surface area contributed by atoms with Crippen molar-refractivity contribution in [1.82, 2.24) is 25.4 Å². The Bertz CT molecular complexity index is 928. The van der Waals surface area contributed by atoms with Crippen LogP contribution in [0.2, 0.25) is 0 Å². The van der Waals surface area contributed by atoms with E-state index in [0.717, 1.165) is 12.8 Å². The first-order valence-corrected chi connectivity index (χ1v) is 11.9. The fourth-order valence-corrected chi connectivity index (χ4v) is 4.56. The van der Waals surface area contributed by atoms with Crippen LogP contribution in [0.25, 0.3) is 0 Å². The third-order valence-electron chi connectivity index (χ3n) is 5.65. The Kier molecular flexibility index (Phi) is 8.72.